The zero-order valence-electron chi connectivity index (χ0n) is 10.2. The van der Waals surface area contributed by atoms with Gasteiger partial charge in [-0.15, -0.1) is 0 Å². The van der Waals surface area contributed by atoms with E-state index in [1.807, 2.05) is 24.3 Å². The minimum Gasteiger partial charge on any atom is -0.486 e. The third-order valence-electron chi connectivity index (χ3n) is 2.84. The molecule has 0 saturated carbocycles. The predicted octanol–water partition coefficient (Wildman–Crippen LogP) is 1.85. The number of hydrogen-bond acceptors (Lipinski definition) is 4. The van der Waals surface area contributed by atoms with E-state index in [0.717, 1.165) is 5.75 Å². The Hall–Kier alpha value is -2.43. The summed E-state index contributed by atoms with van der Waals surface area (Å²) in [6.45, 7) is 0.807. The van der Waals surface area contributed by atoms with Gasteiger partial charge in [0.1, 0.15) is 19.0 Å². The Morgan fingerprint density at radius 3 is 2.89 bits per heavy atom. The van der Waals surface area contributed by atoms with Gasteiger partial charge < -0.3 is 19.2 Å². The van der Waals surface area contributed by atoms with Gasteiger partial charge in [0.25, 0.3) is 5.91 Å². The van der Waals surface area contributed by atoms with Crippen LogP contribution in [0.25, 0.3) is 0 Å². The number of furan rings is 1. The summed E-state index contributed by atoms with van der Waals surface area (Å²) in [6.07, 6.45) is 2.68. The molecule has 2 aromatic rings. The van der Waals surface area contributed by atoms with E-state index in [2.05, 4.69) is 5.32 Å². The van der Waals surface area contributed by atoms with Crippen molar-refractivity contribution in [2.24, 2.45) is 0 Å². The second-order valence-corrected chi connectivity index (χ2v) is 4.22. The van der Waals surface area contributed by atoms with Crippen LogP contribution in [0.2, 0.25) is 0 Å². The molecule has 0 saturated heterocycles. The van der Waals surface area contributed by atoms with E-state index in [1.165, 1.54) is 12.5 Å². The zero-order valence-corrected chi connectivity index (χ0v) is 10.2. The third-order valence-corrected chi connectivity index (χ3v) is 2.84. The maximum atomic E-state index is 11.7. The molecule has 2 heterocycles. The number of nitrogens with one attached hydrogen (secondary N) is 1. The van der Waals surface area contributed by atoms with Crippen LogP contribution in [0.15, 0.2) is 47.3 Å². The van der Waals surface area contributed by atoms with Crippen molar-refractivity contribution in [3.8, 4) is 11.5 Å². The fraction of sp³-hybridized carbons (Fsp3) is 0.214. The summed E-state index contributed by atoms with van der Waals surface area (Å²) in [6, 6.07) is 9.09. The molecule has 1 amide bonds. The molecule has 1 atom stereocenters. The molecule has 1 aliphatic heterocycles. The molecule has 5 nitrogen and oxygen atoms in total. The fourth-order valence-corrected chi connectivity index (χ4v) is 1.87. The van der Waals surface area contributed by atoms with Crippen molar-refractivity contribution in [3.63, 3.8) is 0 Å². The maximum absolute atomic E-state index is 11.7. The number of benzene rings is 1. The van der Waals surface area contributed by atoms with Gasteiger partial charge in [0, 0.05) is 0 Å². The van der Waals surface area contributed by atoms with Crippen LogP contribution in [0.3, 0.4) is 0 Å². The summed E-state index contributed by atoms with van der Waals surface area (Å²) >= 11 is 0. The second kappa shape index (κ2) is 5.06. The minimum atomic E-state index is -0.189. The van der Waals surface area contributed by atoms with Crippen LogP contribution in [0.1, 0.15) is 10.4 Å². The van der Waals surface area contributed by atoms with Crippen LogP contribution < -0.4 is 14.8 Å². The van der Waals surface area contributed by atoms with Gasteiger partial charge in [0.05, 0.1) is 18.4 Å². The fourth-order valence-electron chi connectivity index (χ4n) is 1.87. The Labute approximate surface area is 110 Å². The smallest absolute Gasteiger partial charge is 0.254 e. The number of amides is 1. The SMILES string of the molecule is O=C(NC[C@H]1COc2ccccc2O1)c1ccoc1. The lowest BCUT2D eigenvalue weighted by molar-refractivity contribution is 0.0789. The molecule has 0 spiro atoms. The molecule has 1 N–H and O–H groups in total. The van der Waals surface area contributed by atoms with Crippen LogP contribution in [-0.4, -0.2) is 25.2 Å². The summed E-state index contributed by atoms with van der Waals surface area (Å²) in [7, 11) is 0. The van der Waals surface area contributed by atoms with Gasteiger partial charge in [-0.2, -0.15) is 0 Å². The van der Waals surface area contributed by atoms with Gasteiger partial charge in [0.2, 0.25) is 0 Å². The molecule has 0 fully saturated rings. The molecule has 3 rings (SSSR count). The van der Waals surface area contributed by atoms with Gasteiger partial charge in [-0.25, -0.2) is 0 Å². The molecule has 0 unspecified atom stereocenters. The van der Waals surface area contributed by atoms with E-state index in [-0.39, 0.29) is 12.0 Å². The summed E-state index contributed by atoms with van der Waals surface area (Å²) in [5.41, 5.74) is 0.497. The van der Waals surface area contributed by atoms with Crippen LogP contribution in [-0.2, 0) is 0 Å². The highest BCUT2D eigenvalue weighted by Gasteiger charge is 2.21. The molecule has 0 bridgehead atoms. The van der Waals surface area contributed by atoms with Crippen molar-refractivity contribution in [2.45, 2.75) is 6.10 Å². The van der Waals surface area contributed by atoms with Crippen LogP contribution in [0.5, 0.6) is 11.5 Å². The molecule has 0 radical (unpaired) electrons. The van der Waals surface area contributed by atoms with E-state index in [0.29, 0.717) is 24.5 Å². The molecule has 19 heavy (non-hydrogen) atoms. The topological polar surface area (TPSA) is 60.7 Å². The van der Waals surface area contributed by atoms with Gasteiger partial charge in [0.15, 0.2) is 11.5 Å². The number of carbonyl (C=O) groups is 1. The molecule has 1 aromatic heterocycles. The number of ether oxygens (including phenoxy) is 2. The highest BCUT2D eigenvalue weighted by molar-refractivity contribution is 5.93. The number of fused-ring (bicyclic) bond motifs is 1. The van der Waals surface area contributed by atoms with Crippen LogP contribution in [0.4, 0.5) is 0 Å². The average Bonchev–Trinajstić information content (AvgIpc) is 2.99. The quantitative estimate of drug-likeness (QED) is 0.913. The molecule has 5 heteroatoms. The first-order valence-electron chi connectivity index (χ1n) is 6.02. The standard InChI is InChI=1S/C14H13NO4/c16-14(10-5-6-17-8-10)15-7-11-9-18-12-3-1-2-4-13(12)19-11/h1-6,8,11H,7,9H2,(H,15,16)/t11-/m0/s1. The summed E-state index contributed by atoms with van der Waals surface area (Å²) < 4.78 is 16.2. The second-order valence-electron chi connectivity index (χ2n) is 4.22. The van der Waals surface area contributed by atoms with Crippen molar-refractivity contribution >= 4 is 5.91 Å². The first-order valence-corrected chi connectivity index (χ1v) is 6.02. The normalized spacial score (nSPS) is 16.9. The molecule has 1 aliphatic rings. The largest absolute Gasteiger partial charge is 0.486 e. The Morgan fingerprint density at radius 2 is 2.11 bits per heavy atom. The lowest BCUT2D eigenvalue weighted by atomic mass is 10.2. The summed E-state index contributed by atoms with van der Waals surface area (Å²) in [4.78, 5) is 11.7. The van der Waals surface area contributed by atoms with E-state index in [1.54, 1.807) is 6.07 Å². The first kappa shape index (κ1) is 11.6. The molecular weight excluding hydrogens is 246 g/mol. The Morgan fingerprint density at radius 1 is 1.26 bits per heavy atom. The van der Waals surface area contributed by atoms with Crippen molar-refractivity contribution in [2.75, 3.05) is 13.2 Å². The molecular formula is C14H13NO4. The predicted molar refractivity (Wildman–Crippen MR) is 67.4 cm³/mol. The van der Waals surface area contributed by atoms with Crippen molar-refractivity contribution in [1.82, 2.24) is 5.32 Å². The highest BCUT2D eigenvalue weighted by atomic mass is 16.6. The Balaban J connectivity index is 1.57. The minimum absolute atomic E-state index is 0.184. The Kier molecular flexibility index (Phi) is 3.10. The number of hydrogen-bond donors (Lipinski definition) is 1. The van der Waals surface area contributed by atoms with Crippen LogP contribution >= 0.6 is 0 Å². The first-order chi connectivity index (χ1) is 9.33. The van der Waals surface area contributed by atoms with Gasteiger partial charge >= 0.3 is 0 Å². The van der Waals surface area contributed by atoms with Gasteiger partial charge in [-0.1, -0.05) is 12.1 Å². The monoisotopic (exact) mass is 259 g/mol. The van der Waals surface area contributed by atoms with E-state index in [9.17, 15) is 4.79 Å². The lowest BCUT2D eigenvalue weighted by Crippen LogP contribution is -2.40. The third kappa shape index (κ3) is 2.54. The zero-order chi connectivity index (χ0) is 13.1. The number of para-hydroxylation sites is 2. The van der Waals surface area contributed by atoms with E-state index in [4.69, 9.17) is 13.9 Å². The number of rotatable bonds is 3. The van der Waals surface area contributed by atoms with E-state index >= 15 is 0 Å². The van der Waals surface area contributed by atoms with Crippen molar-refractivity contribution in [1.29, 1.82) is 0 Å². The highest BCUT2D eigenvalue weighted by Crippen LogP contribution is 2.30. The van der Waals surface area contributed by atoms with Crippen LogP contribution in [0, 0.1) is 0 Å². The lowest BCUT2D eigenvalue weighted by Gasteiger charge is -2.26. The average molecular weight is 259 g/mol. The van der Waals surface area contributed by atoms with Gasteiger partial charge in [-0.05, 0) is 18.2 Å². The summed E-state index contributed by atoms with van der Waals surface area (Å²) in [5.74, 6) is 1.26. The summed E-state index contributed by atoms with van der Waals surface area (Å²) in [5, 5.41) is 2.78. The van der Waals surface area contributed by atoms with E-state index < -0.39 is 0 Å². The molecule has 98 valence electrons. The molecule has 1 aromatic carbocycles. The van der Waals surface area contributed by atoms with Crippen molar-refractivity contribution < 1.29 is 18.7 Å². The van der Waals surface area contributed by atoms with Gasteiger partial charge in [-0.3, -0.25) is 4.79 Å². The Bertz CT molecular complexity index is 565. The molecule has 0 aliphatic carbocycles. The van der Waals surface area contributed by atoms with Crippen molar-refractivity contribution in [3.05, 3.63) is 48.4 Å². The maximum Gasteiger partial charge on any atom is 0.254 e. The number of carbonyl (C=O) groups excluding carboxylic acids is 1.